The zero-order valence-electron chi connectivity index (χ0n) is 17.0. The highest BCUT2D eigenvalue weighted by Gasteiger charge is 2.32. The molecular weight excluding hydrogens is 384 g/mol. The van der Waals surface area contributed by atoms with Crippen LogP contribution in [0.1, 0.15) is 22.8 Å². The molecule has 5 rings (SSSR count). The molecule has 4 aromatic carbocycles. The van der Waals surface area contributed by atoms with E-state index in [9.17, 15) is 5.26 Å². The van der Waals surface area contributed by atoms with E-state index in [1.807, 2.05) is 78.9 Å². The van der Waals surface area contributed by atoms with Crippen LogP contribution < -0.4 is 15.2 Å². The molecule has 0 aromatic heterocycles. The smallest absolute Gasteiger partial charge is 0.152 e. The maximum absolute atomic E-state index is 10.00. The fraction of sp³-hybridized carbons (Fsp3) is 0.0741. The molecule has 4 nitrogen and oxygen atoms in total. The van der Waals surface area contributed by atoms with Gasteiger partial charge in [-0.2, -0.15) is 5.26 Å². The van der Waals surface area contributed by atoms with Crippen LogP contribution in [-0.4, -0.2) is 7.11 Å². The van der Waals surface area contributed by atoms with Gasteiger partial charge in [0, 0.05) is 22.8 Å². The molecule has 0 unspecified atom stereocenters. The second kappa shape index (κ2) is 7.55. The van der Waals surface area contributed by atoms with Gasteiger partial charge >= 0.3 is 0 Å². The Morgan fingerprint density at radius 3 is 2.26 bits per heavy atom. The Morgan fingerprint density at radius 1 is 0.871 bits per heavy atom. The molecule has 150 valence electrons. The molecule has 4 heteroatoms. The first-order chi connectivity index (χ1) is 15.2. The fourth-order valence-electron chi connectivity index (χ4n) is 4.19. The molecule has 1 atom stereocenters. The van der Waals surface area contributed by atoms with Crippen LogP contribution in [0.2, 0.25) is 0 Å². The SMILES string of the molecule is COc1ccc2c(c1)O[C@@H](c1ccccc1)c1c-2cc(-c2ccccc2)c(C#N)c1N. The summed E-state index contributed by atoms with van der Waals surface area (Å²) in [5.74, 6) is 1.45. The van der Waals surface area contributed by atoms with Crippen LogP contribution in [0.25, 0.3) is 22.3 Å². The molecule has 2 N–H and O–H groups in total. The molecule has 31 heavy (non-hydrogen) atoms. The summed E-state index contributed by atoms with van der Waals surface area (Å²) >= 11 is 0. The minimum atomic E-state index is -0.423. The number of fused-ring (bicyclic) bond motifs is 3. The van der Waals surface area contributed by atoms with E-state index in [2.05, 4.69) is 12.1 Å². The molecule has 0 aliphatic carbocycles. The first-order valence-electron chi connectivity index (χ1n) is 10.0. The minimum Gasteiger partial charge on any atom is -0.497 e. The maximum Gasteiger partial charge on any atom is 0.152 e. The van der Waals surface area contributed by atoms with Gasteiger partial charge in [0.2, 0.25) is 0 Å². The first-order valence-corrected chi connectivity index (χ1v) is 10.0. The minimum absolute atomic E-state index is 0.423. The van der Waals surface area contributed by atoms with Gasteiger partial charge in [-0.1, -0.05) is 60.7 Å². The van der Waals surface area contributed by atoms with Crippen molar-refractivity contribution in [3.05, 3.63) is 102 Å². The first kappa shape index (κ1) is 18.8. The van der Waals surface area contributed by atoms with E-state index < -0.39 is 6.10 Å². The lowest BCUT2D eigenvalue weighted by Gasteiger charge is -2.31. The average molecular weight is 404 g/mol. The van der Waals surface area contributed by atoms with Crippen molar-refractivity contribution in [1.29, 1.82) is 5.26 Å². The predicted octanol–water partition coefficient (Wildman–Crippen LogP) is 5.96. The van der Waals surface area contributed by atoms with Crippen molar-refractivity contribution in [3.8, 4) is 39.8 Å². The van der Waals surface area contributed by atoms with Crippen LogP contribution >= 0.6 is 0 Å². The Balaban J connectivity index is 1.83. The number of anilines is 1. The number of hydrogen-bond acceptors (Lipinski definition) is 4. The van der Waals surface area contributed by atoms with Gasteiger partial charge in [-0.25, -0.2) is 0 Å². The summed E-state index contributed by atoms with van der Waals surface area (Å²) < 4.78 is 11.9. The highest BCUT2D eigenvalue weighted by atomic mass is 16.5. The van der Waals surface area contributed by atoms with Crippen LogP contribution in [0.15, 0.2) is 84.9 Å². The summed E-state index contributed by atoms with van der Waals surface area (Å²) in [7, 11) is 1.64. The molecule has 0 spiro atoms. The number of benzene rings is 4. The fourth-order valence-corrected chi connectivity index (χ4v) is 4.19. The quantitative estimate of drug-likeness (QED) is 0.428. The standard InChI is InChI=1S/C27H20N2O2/c1-30-19-12-13-20-22-15-21(17-8-4-2-5-9-17)23(16-28)26(29)25(22)27(31-24(20)14-19)18-10-6-3-7-11-18/h2-15,27H,29H2,1H3/t27-/m0/s1. The molecule has 0 amide bonds. The monoisotopic (exact) mass is 404 g/mol. The molecule has 0 bridgehead atoms. The largest absolute Gasteiger partial charge is 0.497 e. The Labute approximate surface area is 181 Å². The lowest BCUT2D eigenvalue weighted by molar-refractivity contribution is 0.243. The van der Waals surface area contributed by atoms with Crippen molar-refractivity contribution in [2.24, 2.45) is 0 Å². The second-order valence-corrected chi connectivity index (χ2v) is 7.42. The van der Waals surface area contributed by atoms with Crippen molar-refractivity contribution in [3.63, 3.8) is 0 Å². The summed E-state index contributed by atoms with van der Waals surface area (Å²) in [4.78, 5) is 0. The third-order valence-electron chi connectivity index (χ3n) is 5.69. The van der Waals surface area contributed by atoms with Crippen molar-refractivity contribution in [2.45, 2.75) is 6.10 Å². The summed E-state index contributed by atoms with van der Waals surface area (Å²) in [6.07, 6.45) is -0.423. The van der Waals surface area contributed by atoms with E-state index in [0.29, 0.717) is 11.3 Å². The lowest BCUT2D eigenvalue weighted by Crippen LogP contribution is -2.18. The van der Waals surface area contributed by atoms with Gasteiger partial charge in [0.1, 0.15) is 17.6 Å². The van der Waals surface area contributed by atoms with Gasteiger partial charge in [0.05, 0.1) is 18.4 Å². The van der Waals surface area contributed by atoms with Crippen LogP contribution in [0.3, 0.4) is 0 Å². The molecule has 4 aromatic rings. The maximum atomic E-state index is 10.00. The van der Waals surface area contributed by atoms with Crippen LogP contribution in [0, 0.1) is 11.3 Å². The number of nitrogen functional groups attached to an aromatic ring is 1. The Hall–Kier alpha value is -4.23. The Morgan fingerprint density at radius 2 is 1.58 bits per heavy atom. The molecule has 0 fully saturated rings. The average Bonchev–Trinajstić information content (AvgIpc) is 2.84. The summed E-state index contributed by atoms with van der Waals surface area (Å²) in [6.45, 7) is 0. The Kier molecular flexibility index (Phi) is 4.57. The van der Waals surface area contributed by atoms with Gasteiger partial charge in [-0.3, -0.25) is 0 Å². The van der Waals surface area contributed by atoms with E-state index >= 15 is 0 Å². The molecule has 1 heterocycles. The van der Waals surface area contributed by atoms with Gasteiger partial charge in [-0.15, -0.1) is 0 Å². The van der Waals surface area contributed by atoms with E-state index in [1.165, 1.54) is 0 Å². The highest BCUT2D eigenvalue weighted by molar-refractivity contribution is 5.90. The van der Waals surface area contributed by atoms with E-state index in [-0.39, 0.29) is 0 Å². The number of nitrogens with two attached hydrogens (primary N) is 1. The van der Waals surface area contributed by atoms with Crippen molar-refractivity contribution in [2.75, 3.05) is 12.8 Å². The topological polar surface area (TPSA) is 68.3 Å². The Bertz CT molecular complexity index is 1310. The number of rotatable bonds is 3. The van der Waals surface area contributed by atoms with Crippen molar-refractivity contribution in [1.82, 2.24) is 0 Å². The number of methoxy groups -OCH3 is 1. The normalized spacial score (nSPS) is 14.0. The van der Waals surface area contributed by atoms with Gasteiger partial charge < -0.3 is 15.2 Å². The molecule has 0 radical (unpaired) electrons. The molecule has 0 saturated carbocycles. The van der Waals surface area contributed by atoms with E-state index in [1.54, 1.807) is 7.11 Å². The third kappa shape index (κ3) is 3.08. The molecule has 1 aliphatic heterocycles. The number of nitriles is 1. The summed E-state index contributed by atoms with van der Waals surface area (Å²) in [6, 6.07) is 30.0. The van der Waals surface area contributed by atoms with Crippen LogP contribution in [0.5, 0.6) is 11.5 Å². The number of hydrogen-bond donors (Lipinski definition) is 1. The summed E-state index contributed by atoms with van der Waals surface area (Å²) in [5, 5.41) is 10.00. The van der Waals surface area contributed by atoms with Gasteiger partial charge in [-0.05, 0) is 34.9 Å². The van der Waals surface area contributed by atoms with E-state index in [4.69, 9.17) is 15.2 Å². The number of nitrogens with zero attached hydrogens (tertiary/aromatic N) is 1. The zero-order chi connectivity index (χ0) is 21.4. The molecule has 1 aliphatic rings. The van der Waals surface area contributed by atoms with E-state index in [0.717, 1.165) is 44.9 Å². The van der Waals surface area contributed by atoms with Crippen molar-refractivity contribution >= 4 is 5.69 Å². The molecular formula is C27H20N2O2. The second-order valence-electron chi connectivity index (χ2n) is 7.42. The third-order valence-corrected chi connectivity index (χ3v) is 5.69. The lowest BCUT2D eigenvalue weighted by atomic mass is 9.83. The van der Waals surface area contributed by atoms with Crippen molar-refractivity contribution < 1.29 is 9.47 Å². The van der Waals surface area contributed by atoms with Crippen LogP contribution in [-0.2, 0) is 0 Å². The van der Waals surface area contributed by atoms with Gasteiger partial charge in [0.25, 0.3) is 0 Å². The highest BCUT2D eigenvalue weighted by Crippen LogP contribution is 2.50. The van der Waals surface area contributed by atoms with Gasteiger partial charge in [0.15, 0.2) is 6.10 Å². The predicted molar refractivity (Wildman–Crippen MR) is 122 cm³/mol. The molecule has 0 saturated heterocycles. The number of ether oxygens (including phenoxy) is 2. The zero-order valence-corrected chi connectivity index (χ0v) is 17.0. The summed E-state index contributed by atoms with van der Waals surface area (Å²) in [5.41, 5.74) is 13.0. The van der Waals surface area contributed by atoms with Crippen LogP contribution in [0.4, 0.5) is 5.69 Å².